The fraction of sp³-hybridized carbons (Fsp3) is 0.562. The molecule has 128 valence electrons. The molecular formula is C16H20BrF3N2O. The highest BCUT2D eigenvalue weighted by Crippen LogP contribution is 2.32. The van der Waals surface area contributed by atoms with Gasteiger partial charge < -0.3 is 9.80 Å². The molecule has 1 fully saturated rings. The SMILES string of the molecule is CCN1CCN(C(=O)CCc2ccc(C(F)(F)F)cc2Br)CC1. The lowest BCUT2D eigenvalue weighted by atomic mass is 10.1. The van der Waals surface area contributed by atoms with Gasteiger partial charge in [0.1, 0.15) is 0 Å². The Morgan fingerprint density at radius 3 is 2.39 bits per heavy atom. The molecule has 0 bridgehead atoms. The average Bonchev–Trinajstić information content (AvgIpc) is 2.52. The van der Waals surface area contributed by atoms with Crippen LogP contribution in [0.2, 0.25) is 0 Å². The van der Waals surface area contributed by atoms with Gasteiger partial charge in [0, 0.05) is 37.1 Å². The quantitative estimate of drug-likeness (QED) is 0.781. The van der Waals surface area contributed by atoms with Crippen molar-refractivity contribution in [1.29, 1.82) is 0 Å². The van der Waals surface area contributed by atoms with E-state index in [-0.39, 0.29) is 5.91 Å². The molecule has 1 amide bonds. The molecule has 1 aliphatic heterocycles. The number of benzene rings is 1. The summed E-state index contributed by atoms with van der Waals surface area (Å²) in [5.74, 6) is 0.0625. The molecule has 1 aliphatic rings. The van der Waals surface area contributed by atoms with Crippen molar-refractivity contribution in [3.8, 4) is 0 Å². The number of carbonyl (C=O) groups excluding carboxylic acids is 1. The third-order valence-electron chi connectivity index (χ3n) is 4.16. The topological polar surface area (TPSA) is 23.6 Å². The molecule has 23 heavy (non-hydrogen) atoms. The molecule has 0 atom stereocenters. The van der Waals surface area contributed by atoms with E-state index in [1.54, 1.807) is 0 Å². The molecule has 0 unspecified atom stereocenters. The molecule has 2 rings (SSSR count). The molecule has 0 spiro atoms. The van der Waals surface area contributed by atoms with Crippen molar-refractivity contribution in [2.24, 2.45) is 0 Å². The molecule has 1 aromatic carbocycles. The van der Waals surface area contributed by atoms with Gasteiger partial charge in [0.2, 0.25) is 5.91 Å². The van der Waals surface area contributed by atoms with Crippen molar-refractivity contribution in [2.45, 2.75) is 25.9 Å². The van der Waals surface area contributed by atoms with Crippen LogP contribution in [0.1, 0.15) is 24.5 Å². The highest BCUT2D eigenvalue weighted by atomic mass is 79.9. The van der Waals surface area contributed by atoms with Crippen molar-refractivity contribution >= 4 is 21.8 Å². The molecule has 1 aromatic rings. The molecule has 1 heterocycles. The van der Waals surface area contributed by atoms with Crippen LogP contribution in [0.5, 0.6) is 0 Å². The van der Waals surface area contributed by atoms with E-state index in [0.29, 0.717) is 17.3 Å². The van der Waals surface area contributed by atoms with Crippen molar-refractivity contribution in [3.05, 3.63) is 33.8 Å². The van der Waals surface area contributed by atoms with Crippen LogP contribution in [0.4, 0.5) is 13.2 Å². The third-order valence-corrected chi connectivity index (χ3v) is 4.90. The van der Waals surface area contributed by atoms with E-state index in [2.05, 4.69) is 27.8 Å². The monoisotopic (exact) mass is 392 g/mol. The first-order chi connectivity index (χ1) is 10.8. The normalized spacial score (nSPS) is 16.7. The molecule has 0 N–H and O–H groups in total. The van der Waals surface area contributed by atoms with Crippen molar-refractivity contribution in [1.82, 2.24) is 9.80 Å². The van der Waals surface area contributed by atoms with Crippen LogP contribution in [-0.4, -0.2) is 48.4 Å². The minimum Gasteiger partial charge on any atom is -0.340 e. The number of rotatable bonds is 4. The Balaban J connectivity index is 1.90. The zero-order chi connectivity index (χ0) is 17.0. The summed E-state index contributed by atoms with van der Waals surface area (Å²) in [4.78, 5) is 16.3. The van der Waals surface area contributed by atoms with Gasteiger partial charge in [-0.2, -0.15) is 13.2 Å². The van der Waals surface area contributed by atoms with Gasteiger partial charge in [-0.25, -0.2) is 0 Å². The summed E-state index contributed by atoms with van der Waals surface area (Å²) in [7, 11) is 0. The van der Waals surface area contributed by atoms with Gasteiger partial charge in [0.25, 0.3) is 0 Å². The standard InChI is InChI=1S/C16H20BrF3N2O/c1-2-21-7-9-22(10-8-21)15(23)6-4-12-3-5-13(11-14(12)17)16(18,19)20/h3,5,11H,2,4,6-10H2,1H3. The summed E-state index contributed by atoms with van der Waals surface area (Å²) in [6.07, 6.45) is -3.60. The fourth-order valence-electron chi connectivity index (χ4n) is 2.64. The van der Waals surface area contributed by atoms with Crippen LogP contribution < -0.4 is 0 Å². The first-order valence-electron chi connectivity index (χ1n) is 7.67. The maximum absolute atomic E-state index is 12.6. The number of hydrogen-bond acceptors (Lipinski definition) is 2. The summed E-state index contributed by atoms with van der Waals surface area (Å²) in [5, 5.41) is 0. The summed E-state index contributed by atoms with van der Waals surface area (Å²) in [6.45, 7) is 6.29. The molecule has 3 nitrogen and oxygen atoms in total. The number of amides is 1. The van der Waals surface area contributed by atoms with Crippen LogP contribution >= 0.6 is 15.9 Å². The molecule has 0 radical (unpaired) electrons. The van der Waals surface area contributed by atoms with Gasteiger partial charge in [-0.3, -0.25) is 4.79 Å². The number of aryl methyl sites for hydroxylation is 1. The van der Waals surface area contributed by atoms with Crippen molar-refractivity contribution in [3.63, 3.8) is 0 Å². The van der Waals surface area contributed by atoms with Gasteiger partial charge in [0.05, 0.1) is 5.56 Å². The minimum absolute atomic E-state index is 0.0625. The van der Waals surface area contributed by atoms with Crippen LogP contribution in [0.3, 0.4) is 0 Å². The summed E-state index contributed by atoms with van der Waals surface area (Å²) >= 11 is 3.17. The van der Waals surface area contributed by atoms with Crippen LogP contribution in [-0.2, 0) is 17.4 Å². The van der Waals surface area contributed by atoms with Gasteiger partial charge in [-0.1, -0.05) is 28.9 Å². The maximum Gasteiger partial charge on any atom is 0.416 e. The average molecular weight is 393 g/mol. The lowest BCUT2D eigenvalue weighted by molar-refractivity contribution is -0.137. The second-order valence-corrected chi connectivity index (χ2v) is 6.47. The van der Waals surface area contributed by atoms with Crippen LogP contribution in [0.25, 0.3) is 0 Å². The fourth-order valence-corrected chi connectivity index (χ4v) is 3.22. The summed E-state index contributed by atoms with van der Waals surface area (Å²) < 4.78 is 38.3. The van der Waals surface area contributed by atoms with Gasteiger partial charge in [0.15, 0.2) is 0 Å². The first kappa shape index (κ1) is 18.3. The van der Waals surface area contributed by atoms with Crippen molar-refractivity contribution in [2.75, 3.05) is 32.7 Å². The lowest BCUT2D eigenvalue weighted by Crippen LogP contribution is -2.48. The largest absolute Gasteiger partial charge is 0.416 e. The molecule has 7 heteroatoms. The Morgan fingerprint density at radius 1 is 1.22 bits per heavy atom. The van der Waals surface area contributed by atoms with E-state index in [1.165, 1.54) is 6.07 Å². The number of halogens is 4. The summed E-state index contributed by atoms with van der Waals surface area (Å²) in [5.41, 5.74) is 0.0358. The predicted octanol–water partition coefficient (Wildman–Crippen LogP) is 3.56. The molecular weight excluding hydrogens is 373 g/mol. The van der Waals surface area contributed by atoms with Gasteiger partial charge in [-0.15, -0.1) is 0 Å². The number of alkyl halides is 3. The molecule has 0 aliphatic carbocycles. The number of nitrogens with zero attached hydrogens (tertiary/aromatic N) is 2. The van der Waals surface area contributed by atoms with Gasteiger partial charge >= 0.3 is 6.18 Å². The highest BCUT2D eigenvalue weighted by molar-refractivity contribution is 9.10. The lowest BCUT2D eigenvalue weighted by Gasteiger charge is -2.34. The maximum atomic E-state index is 12.6. The Labute approximate surface area is 142 Å². The first-order valence-corrected chi connectivity index (χ1v) is 8.46. The second-order valence-electron chi connectivity index (χ2n) is 5.62. The Kier molecular flexibility index (Phi) is 6.08. The van der Waals surface area contributed by atoms with Crippen LogP contribution in [0.15, 0.2) is 22.7 Å². The minimum atomic E-state index is -4.35. The summed E-state index contributed by atoms with van der Waals surface area (Å²) in [6, 6.07) is 3.57. The molecule has 0 aromatic heterocycles. The molecule has 1 saturated heterocycles. The highest BCUT2D eigenvalue weighted by Gasteiger charge is 2.30. The van der Waals surface area contributed by atoms with E-state index in [9.17, 15) is 18.0 Å². The van der Waals surface area contributed by atoms with E-state index < -0.39 is 11.7 Å². The second kappa shape index (κ2) is 7.66. The number of carbonyl (C=O) groups is 1. The van der Waals surface area contributed by atoms with E-state index in [0.717, 1.165) is 50.4 Å². The van der Waals surface area contributed by atoms with Gasteiger partial charge in [-0.05, 0) is 30.7 Å². The van der Waals surface area contributed by atoms with Crippen LogP contribution in [0, 0.1) is 0 Å². The van der Waals surface area contributed by atoms with E-state index >= 15 is 0 Å². The number of hydrogen-bond donors (Lipinski definition) is 0. The number of likely N-dealkylation sites (N-methyl/N-ethyl adjacent to an activating group) is 1. The zero-order valence-electron chi connectivity index (χ0n) is 13.0. The Morgan fingerprint density at radius 2 is 1.87 bits per heavy atom. The van der Waals surface area contributed by atoms with E-state index in [1.807, 2.05) is 4.90 Å². The van der Waals surface area contributed by atoms with Crippen molar-refractivity contribution < 1.29 is 18.0 Å². The smallest absolute Gasteiger partial charge is 0.340 e. The molecule has 0 saturated carbocycles. The number of piperazine rings is 1. The zero-order valence-corrected chi connectivity index (χ0v) is 14.6. The Hall–Kier alpha value is -1.08. The van der Waals surface area contributed by atoms with E-state index in [4.69, 9.17) is 0 Å². The Bertz CT molecular complexity index is 555. The third kappa shape index (κ3) is 4.94. The predicted molar refractivity (Wildman–Crippen MR) is 86.2 cm³/mol.